The van der Waals surface area contributed by atoms with Crippen molar-refractivity contribution in [1.29, 1.82) is 0 Å². The zero-order chi connectivity index (χ0) is 25.6. The number of carbonyl (C=O) groups is 2. The van der Waals surface area contributed by atoms with Crippen molar-refractivity contribution in [2.75, 3.05) is 6.61 Å². The lowest BCUT2D eigenvalue weighted by Gasteiger charge is -2.17. The number of hydrogen-bond acceptors (Lipinski definition) is 4. The lowest BCUT2D eigenvalue weighted by molar-refractivity contribution is -0.139. The molecule has 1 aliphatic rings. The monoisotopic (exact) mass is 493 g/mol. The number of alkyl carbamates (subject to hydrolysis) is 1. The molecule has 1 aliphatic carbocycles. The summed E-state index contributed by atoms with van der Waals surface area (Å²) in [5.41, 5.74) is 6.28. The fraction of sp³-hybridized carbons (Fsp3) is 0.161. The van der Waals surface area contributed by atoms with Crippen LogP contribution in [0.3, 0.4) is 0 Å². The van der Waals surface area contributed by atoms with Gasteiger partial charge in [-0.3, -0.25) is 0 Å². The second-order valence-electron chi connectivity index (χ2n) is 8.98. The average molecular weight is 494 g/mol. The molecule has 0 saturated carbocycles. The van der Waals surface area contributed by atoms with Gasteiger partial charge in [0, 0.05) is 12.3 Å². The summed E-state index contributed by atoms with van der Waals surface area (Å²) in [6, 6.07) is 32.0. The molecule has 0 saturated heterocycles. The van der Waals surface area contributed by atoms with Crippen LogP contribution in [0, 0.1) is 0 Å². The summed E-state index contributed by atoms with van der Waals surface area (Å²) in [5.74, 6) is -0.535. The van der Waals surface area contributed by atoms with Gasteiger partial charge in [-0.05, 0) is 45.5 Å². The van der Waals surface area contributed by atoms with Crippen molar-refractivity contribution in [2.24, 2.45) is 0 Å². The molecule has 0 heterocycles. The summed E-state index contributed by atoms with van der Waals surface area (Å²) in [7, 11) is 0. The van der Waals surface area contributed by atoms with E-state index in [9.17, 15) is 14.7 Å². The maximum atomic E-state index is 12.6. The number of nitrogens with one attached hydrogen (secondary N) is 1. The van der Waals surface area contributed by atoms with Crippen molar-refractivity contribution in [2.45, 2.75) is 25.0 Å². The van der Waals surface area contributed by atoms with Gasteiger partial charge in [0.2, 0.25) is 0 Å². The lowest BCUT2D eigenvalue weighted by atomic mass is 9.98. The van der Waals surface area contributed by atoms with E-state index in [1.165, 1.54) is 0 Å². The Morgan fingerprint density at radius 1 is 0.757 bits per heavy atom. The zero-order valence-electron chi connectivity index (χ0n) is 20.2. The van der Waals surface area contributed by atoms with E-state index in [0.717, 1.165) is 33.4 Å². The molecule has 0 spiro atoms. The van der Waals surface area contributed by atoms with Crippen LogP contribution in [-0.2, 0) is 22.6 Å². The van der Waals surface area contributed by atoms with E-state index in [1.54, 1.807) is 24.3 Å². The van der Waals surface area contributed by atoms with Crippen LogP contribution in [0.15, 0.2) is 103 Å². The Balaban J connectivity index is 1.17. The number of carboxylic acids is 1. The topological polar surface area (TPSA) is 84.9 Å². The summed E-state index contributed by atoms with van der Waals surface area (Å²) in [6.45, 7) is 0.570. The van der Waals surface area contributed by atoms with Crippen LogP contribution >= 0.6 is 0 Å². The molecule has 1 amide bonds. The fourth-order valence-electron chi connectivity index (χ4n) is 4.68. The van der Waals surface area contributed by atoms with Crippen molar-refractivity contribution < 1.29 is 24.2 Å². The molecule has 37 heavy (non-hydrogen) atoms. The summed E-state index contributed by atoms with van der Waals surface area (Å²) < 4.78 is 11.3. The van der Waals surface area contributed by atoms with Gasteiger partial charge < -0.3 is 19.9 Å². The third-order valence-electron chi connectivity index (χ3n) is 6.55. The van der Waals surface area contributed by atoms with Gasteiger partial charge in [-0.1, -0.05) is 91.0 Å². The number of benzene rings is 4. The van der Waals surface area contributed by atoms with E-state index in [2.05, 4.69) is 17.4 Å². The van der Waals surface area contributed by atoms with Crippen LogP contribution in [0.25, 0.3) is 11.1 Å². The molecule has 0 aliphatic heterocycles. The fourth-order valence-corrected chi connectivity index (χ4v) is 4.68. The van der Waals surface area contributed by atoms with E-state index in [0.29, 0.717) is 12.4 Å². The Bertz CT molecular complexity index is 1340. The smallest absolute Gasteiger partial charge is 0.407 e. The number of fused-ring (bicyclic) bond motifs is 3. The molecule has 4 aromatic carbocycles. The molecule has 0 aromatic heterocycles. The quantitative estimate of drug-likeness (QED) is 0.308. The van der Waals surface area contributed by atoms with Gasteiger partial charge in [-0.15, -0.1) is 0 Å². The molecule has 5 rings (SSSR count). The highest BCUT2D eigenvalue weighted by molar-refractivity contribution is 5.81. The van der Waals surface area contributed by atoms with Crippen LogP contribution < -0.4 is 10.1 Å². The minimum Gasteiger partial charge on any atom is -0.489 e. The van der Waals surface area contributed by atoms with E-state index in [-0.39, 0.29) is 18.9 Å². The third-order valence-corrected chi connectivity index (χ3v) is 6.55. The SMILES string of the molecule is O=C(N[C@H](Cc1ccc(OCc2ccccc2)cc1)C(=O)O)OCC1c2ccccc2-c2ccccc21. The van der Waals surface area contributed by atoms with Gasteiger partial charge in [0.05, 0.1) is 0 Å². The predicted molar refractivity (Wildman–Crippen MR) is 141 cm³/mol. The van der Waals surface area contributed by atoms with Gasteiger partial charge in [0.15, 0.2) is 0 Å². The Hall–Kier alpha value is -4.58. The van der Waals surface area contributed by atoms with E-state index in [1.807, 2.05) is 66.7 Å². The Labute approximate surface area is 215 Å². The molecule has 0 unspecified atom stereocenters. The van der Waals surface area contributed by atoms with Crippen molar-refractivity contribution in [3.8, 4) is 16.9 Å². The Morgan fingerprint density at radius 2 is 1.35 bits per heavy atom. The van der Waals surface area contributed by atoms with Crippen molar-refractivity contribution >= 4 is 12.1 Å². The standard InChI is InChI=1S/C31H27NO5/c33-30(34)29(18-21-14-16-23(17-15-21)36-19-22-8-2-1-3-9-22)32-31(35)37-20-28-26-12-6-4-10-24(26)25-11-5-7-13-27(25)28/h1-17,28-29H,18-20H2,(H,32,35)(H,33,34)/t29-/m1/s1. The Kier molecular flexibility index (Phi) is 7.17. The number of aliphatic carboxylic acids is 1. The maximum Gasteiger partial charge on any atom is 0.407 e. The molecule has 1 atom stereocenters. The highest BCUT2D eigenvalue weighted by Gasteiger charge is 2.29. The number of hydrogen-bond donors (Lipinski definition) is 2. The molecule has 186 valence electrons. The number of ether oxygens (including phenoxy) is 2. The van der Waals surface area contributed by atoms with Crippen LogP contribution in [-0.4, -0.2) is 29.8 Å². The molecule has 0 fully saturated rings. The van der Waals surface area contributed by atoms with Crippen molar-refractivity contribution in [1.82, 2.24) is 5.32 Å². The van der Waals surface area contributed by atoms with Gasteiger partial charge >= 0.3 is 12.1 Å². The maximum absolute atomic E-state index is 12.6. The third kappa shape index (κ3) is 5.64. The highest BCUT2D eigenvalue weighted by Crippen LogP contribution is 2.44. The highest BCUT2D eigenvalue weighted by atomic mass is 16.5. The molecular formula is C31H27NO5. The normalized spacial score (nSPS) is 12.8. The minimum absolute atomic E-state index is 0.0927. The summed E-state index contributed by atoms with van der Waals surface area (Å²) in [5, 5.41) is 12.2. The molecule has 6 heteroatoms. The first-order valence-corrected chi connectivity index (χ1v) is 12.2. The molecule has 2 N–H and O–H groups in total. The van der Waals surface area contributed by atoms with Gasteiger partial charge in [0.1, 0.15) is 25.0 Å². The Morgan fingerprint density at radius 3 is 1.97 bits per heavy atom. The van der Waals surface area contributed by atoms with E-state index < -0.39 is 18.1 Å². The first kappa shape index (κ1) is 24.1. The second kappa shape index (κ2) is 11.0. The number of carboxylic acid groups (broad SMARTS) is 1. The van der Waals surface area contributed by atoms with Crippen LogP contribution in [0.1, 0.15) is 28.2 Å². The van der Waals surface area contributed by atoms with Gasteiger partial charge in [-0.2, -0.15) is 0 Å². The van der Waals surface area contributed by atoms with Crippen LogP contribution in [0.5, 0.6) is 5.75 Å². The number of rotatable bonds is 9. The van der Waals surface area contributed by atoms with Gasteiger partial charge in [0.25, 0.3) is 0 Å². The van der Waals surface area contributed by atoms with Crippen LogP contribution in [0.4, 0.5) is 4.79 Å². The van der Waals surface area contributed by atoms with Crippen molar-refractivity contribution in [3.63, 3.8) is 0 Å². The molecule has 0 radical (unpaired) electrons. The first-order valence-electron chi connectivity index (χ1n) is 12.2. The second-order valence-corrected chi connectivity index (χ2v) is 8.98. The summed E-state index contributed by atoms with van der Waals surface area (Å²) in [6.07, 6.45) is -0.629. The lowest BCUT2D eigenvalue weighted by Crippen LogP contribution is -2.42. The van der Waals surface area contributed by atoms with E-state index in [4.69, 9.17) is 9.47 Å². The number of amides is 1. The van der Waals surface area contributed by atoms with E-state index >= 15 is 0 Å². The molecule has 4 aromatic rings. The van der Waals surface area contributed by atoms with Crippen molar-refractivity contribution in [3.05, 3.63) is 125 Å². The molecular weight excluding hydrogens is 466 g/mol. The summed E-state index contributed by atoms with van der Waals surface area (Å²) in [4.78, 5) is 24.4. The largest absolute Gasteiger partial charge is 0.489 e. The summed E-state index contributed by atoms with van der Waals surface area (Å²) >= 11 is 0. The first-order chi connectivity index (χ1) is 18.1. The average Bonchev–Trinajstić information content (AvgIpc) is 3.25. The van der Waals surface area contributed by atoms with Crippen LogP contribution in [0.2, 0.25) is 0 Å². The minimum atomic E-state index is -1.13. The zero-order valence-corrected chi connectivity index (χ0v) is 20.2. The number of carbonyl (C=O) groups excluding carboxylic acids is 1. The van der Waals surface area contributed by atoms with Gasteiger partial charge in [-0.25, -0.2) is 9.59 Å². The molecule has 0 bridgehead atoms. The molecule has 6 nitrogen and oxygen atoms in total. The predicted octanol–water partition coefficient (Wildman–Crippen LogP) is 5.80.